The molecule has 0 aromatic carbocycles. The molecule has 0 aliphatic carbocycles. The maximum absolute atomic E-state index is 10.5. The molecule has 2 atom stereocenters. The van der Waals surface area contributed by atoms with E-state index in [1.807, 2.05) is 0 Å². The average molecular weight is 723 g/mol. The first-order chi connectivity index (χ1) is 21.9. The second kappa shape index (κ2) is 37.8. The minimum absolute atomic E-state index is 0. The molecule has 0 rings (SSSR count). The van der Waals surface area contributed by atoms with Gasteiger partial charge in [0.15, 0.2) is 0 Å². The van der Waals surface area contributed by atoms with Crippen molar-refractivity contribution in [1.29, 1.82) is 0 Å². The van der Waals surface area contributed by atoms with Crippen molar-refractivity contribution < 1.29 is 36.2 Å². The van der Waals surface area contributed by atoms with Gasteiger partial charge in [-0.1, -0.05) is 194 Å². The van der Waals surface area contributed by atoms with E-state index >= 15 is 0 Å². The van der Waals surface area contributed by atoms with Gasteiger partial charge in [0.2, 0.25) is 0 Å². The van der Waals surface area contributed by atoms with Gasteiger partial charge in [-0.25, -0.2) is 16.8 Å². The van der Waals surface area contributed by atoms with Crippen LogP contribution in [0, 0.1) is 0 Å². The molecule has 0 heterocycles. The van der Waals surface area contributed by atoms with E-state index in [2.05, 4.69) is 13.8 Å². The molecule has 2 N–H and O–H groups in total. The Balaban J connectivity index is -0.000000807. The topological polar surface area (TPSA) is 155 Å². The van der Waals surface area contributed by atoms with Crippen LogP contribution in [0.5, 0.6) is 0 Å². The molecule has 0 bridgehead atoms. The SMILES string of the molecule is CCCCCCCCCCCCCCCCC(O)CS(=O)(=O)[O-].CCCCCCCCCCCCCCCCC(O)CS(=O)(=O)[O-].[Mg+2]. The third-order valence-electron chi connectivity index (χ3n) is 8.57. The summed E-state index contributed by atoms with van der Waals surface area (Å²) in [5, 5.41) is 18.8. The molecule has 0 saturated carbocycles. The molecule has 2 unspecified atom stereocenters. The predicted molar refractivity (Wildman–Crippen MR) is 197 cm³/mol. The fourth-order valence-electron chi connectivity index (χ4n) is 5.79. The van der Waals surface area contributed by atoms with Crippen LogP contribution in [0.4, 0.5) is 0 Å². The van der Waals surface area contributed by atoms with E-state index in [1.54, 1.807) is 0 Å². The molecule has 280 valence electrons. The summed E-state index contributed by atoms with van der Waals surface area (Å²) in [4.78, 5) is 0. The van der Waals surface area contributed by atoms with Crippen molar-refractivity contribution in [3.8, 4) is 0 Å². The first-order valence-electron chi connectivity index (χ1n) is 19.1. The molecule has 0 aromatic heterocycles. The van der Waals surface area contributed by atoms with Crippen molar-refractivity contribution in [2.45, 2.75) is 219 Å². The van der Waals surface area contributed by atoms with Crippen LogP contribution in [-0.2, 0) is 20.2 Å². The molecule has 0 aromatic rings. The third kappa shape index (κ3) is 51.0. The van der Waals surface area contributed by atoms with E-state index in [0.717, 1.165) is 38.5 Å². The standard InChI is InChI=1S/2C18H38O4S.Mg/c2*1-2-3-4-5-6-7-8-9-10-11-12-13-14-15-16-18(19)17-23(20,21)22;/h2*18-19H,2-17H2,1H3,(H,20,21,22);/q;;+2/p-2. The summed E-state index contributed by atoms with van der Waals surface area (Å²) >= 11 is 0. The van der Waals surface area contributed by atoms with Gasteiger partial charge in [0.1, 0.15) is 0 Å². The zero-order valence-electron chi connectivity index (χ0n) is 30.6. The van der Waals surface area contributed by atoms with Gasteiger partial charge in [-0.3, -0.25) is 0 Å². The van der Waals surface area contributed by atoms with E-state index in [9.17, 15) is 36.2 Å². The molecule has 0 amide bonds. The van der Waals surface area contributed by atoms with Gasteiger partial charge >= 0.3 is 23.1 Å². The van der Waals surface area contributed by atoms with Crippen molar-refractivity contribution in [2.75, 3.05) is 11.5 Å². The second-order valence-electron chi connectivity index (χ2n) is 13.5. The number of aliphatic hydroxyl groups excluding tert-OH is 2. The quantitative estimate of drug-likeness (QED) is 0.0379. The van der Waals surface area contributed by atoms with E-state index in [0.29, 0.717) is 12.8 Å². The van der Waals surface area contributed by atoms with Crippen molar-refractivity contribution in [2.24, 2.45) is 0 Å². The summed E-state index contributed by atoms with van der Waals surface area (Å²) in [7, 11) is -8.59. The fourth-order valence-corrected chi connectivity index (χ4v) is 7.06. The molecule has 8 nitrogen and oxygen atoms in total. The Morgan fingerprint density at radius 3 is 0.723 bits per heavy atom. The summed E-state index contributed by atoms with van der Waals surface area (Å²) < 4.78 is 62.8. The number of hydrogen-bond donors (Lipinski definition) is 2. The molecule has 0 fully saturated rings. The first kappa shape index (κ1) is 51.9. The van der Waals surface area contributed by atoms with Crippen LogP contribution in [0.15, 0.2) is 0 Å². The van der Waals surface area contributed by atoms with Crippen LogP contribution in [0.2, 0.25) is 0 Å². The van der Waals surface area contributed by atoms with E-state index in [-0.39, 0.29) is 23.1 Å². The zero-order chi connectivity index (χ0) is 34.8. The van der Waals surface area contributed by atoms with Gasteiger partial charge in [0.05, 0.1) is 43.9 Å². The molecule has 0 aliphatic heterocycles. The number of unbranched alkanes of at least 4 members (excludes halogenated alkanes) is 26. The van der Waals surface area contributed by atoms with Crippen LogP contribution in [0.1, 0.15) is 206 Å². The molecular weight excluding hydrogens is 649 g/mol. The smallest absolute Gasteiger partial charge is 0.748 e. The minimum Gasteiger partial charge on any atom is -0.748 e. The van der Waals surface area contributed by atoms with Crippen LogP contribution < -0.4 is 0 Å². The average Bonchev–Trinajstić information content (AvgIpc) is 2.96. The molecule has 47 heavy (non-hydrogen) atoms. The van der Waals surface area contributed by atoms with E-state index in [4.69, 9.17) is 0 Å². The van der Waals surface area contributed by atoms with Crippen LogP contribution >= 0.6 is 0 Å². The number of hydrogen-bond acceptors (Lipinski definition) is 8. The molecular formula is C36H74MgO8S2. The van der Waals surface area contributed by atoms with Gasteiger partial charge in [-0.2, -0.15) is 0 Å². The van der Waals surface area contributed by atoms with Gasteiger partial charge in [0.25, 0.3) is 0 Å². The van der Waals surface area contributed by atoms with Crippen molar-refractivity contribution in [3.63, 3.8) is 0 Å². The molecule has 0 radical (unpaired) electrons. The van der Waals surface area contributed by atoms with E-state index in [1.165, 1.54) is 141 Å². The van der Waals surface area contributed by atoms with Gasteiger partial charge < -0.3 is 19.3 Å². The molecule has 0 saturated heterocycles. The Morgan fingerprint density at radius 1 is 0.383 bits per heavy atom. The molecule has 0 aliphatic rings. The van der Waals surface area contributed by atoms with Gasteiger partial charge in [-0.05, 0) is 12.8 Å². The summed E-state index contributed by atoms with van der Waals surface area (Å²) in [5.74, 6) is -1.29. The Hall–Kier alpha value is 0.506. The van der Waals surface area contributed by atoms with E-state index < -0.39 is 43.9 Å². The summed E-state index contributed by atoms with van der Waals surface area (Å²) in [6, 6.07) is 0. The number of rotatable bonds is 34. The maximum Gasteiger partial charge on any atom is 2.00 e. The van der Waals surface area contributed by atoms with Crippen molar-refractivity contribution >= 4 is 43.3 Å². The number of aliphatic hydroxyl groups is 2. The molecule has 0 spiro atoms. The fraction of sp³-hybridized carbons (Fsp3) is 1.00. The maximum atomic E-state index is 10.5. The summed E-state index contributed by atoms with van der Waals surface area (Å²) in [6.45, 7) is 4.50. The Morgan fingerprint density at radius 2 is 0.553 bits per heavy atom. The van der Waals surface area contributed by atoms with Crippen molar-refractivity contribution in [3.05, 3.63) is 0 Å². The second-order valence-corrected chi connectivity index (χ2v) is 16.4. The predicted octanol–water partition coefficient (Wildman–Crippen LogP) is 9.15. The van der Waals surface area contributed by atoms with Gasteiger partial charge in [-0.15, -0.1) is 0 Å². The largest absolute Gasteiger partial charge is 2.00 e. The molecule has 11 heteroatoms. The zero-order valence-corrected chi connectivity index (χ0v) is 33.7. The Labute approximate surface area is 308 Å². The first-order valence-corrected chi connectivity index (χ1v) is 22.3. The normalized spacial score (nSPS) is 13.1. The van der Waals surface area contributed by atoms with Crippen LogP contribution in [0.25, 0.3) is 0 Å². The summed E-state index contributed by atoms with van der Waals surface area (Å²) in [5.41, 5.74) is 0. The Kier molecular flexibility index (Phi) is 41.7. The third-order valence-corrected chi connectivity index (χ3v) is 10.2. The van der Waals surface area contributed by atoms with Crippen LogP contribution in [-0.4, -0.2) is 82.9 Å². The van der Waals surface area contributed by atoms with Gasteiger partial charge in [0, 0.05) is 0 Å². The minimum atomic E-state index is -4.29. The Bertz CT molecular complexity index is 757. The van der Waals surface area contributed by atoms with Crippen LogP contribution in [0.3, 0.4) is 0 Å². The monoisotopic (exact) mass is 722 g/mol. The summed E-state index contributed by atoms with van der Waals surface area (Å²) in [6.07, 6.45) is 34.2. The van der Waals surface area contributed by atoms with Crippen molar-refractivity contribution in [1.82, 2.24) is 0 Å².